The zero-order chi connectivity index (χ0) is 21.1. The number of rotatable bonds is 6. The molecule has 0 aliphatic carbocycles. The largest absolute Gasteiger partial charge is 0.309 e. The average Bonchev–Trinajstić information content (AvgIpc) is 3.09. The van der Waals surface area contributed by atoms with Crippen molar-refractivity contribution in [1.29, 1.82) is 0 Å². The van der Waals surface area contributed by atoms with E-state index >= 15 is 0 Å². The Labute approximate surface area is 179 Å². The highest BCUT2D eigenvalue weighted by Gasteiger charge is 2.38. The van der Waals surface area contributed by atoms with Crippen molar-refractivity contribution >= 4 is 21.6 Å². The lowest BCUT2D eigenvalue weighted by Crippen LogP contribution is -2.48. The molecule has 2 atom stereocenters. The maximum Gasteiger partial charge on any atom is 0.231 e. The first-order valence-corrected chi connectivity index (χ1v) is 12.5. The van der Waals surface area contributed by atoms with E-state index in [1.54, 1.807) is 4.31 Å². The molecule has 6 heteroatoms. The highest BCUT2D eigenvalue weighted by atomic mass is 32.2. The number of sulfonamides is 1. The summed E-state index contributed by atoms with van der Waals surface area (Å²) in [5.41, 5.74) is 3.33. The molecule has 2 heterocycles. The summed E-state index contributed by atoms with van der Waals surface area (Å²) in [6.45, 7) is 2.89. The Balaban J connectivity index is 1.39. The minimum Gasteiger partial charge on any atom is -0.309 e. The van der Waals surface area contributed by atoms with Crippen LogP contribution in [0.25, 0.3) is 0 Å². The number of amides is 1. The molecule has 1 amide bonds. The summed E-state index contributed by atoms with van der Waals surface area (Å²) in [6, 6.07) is 18.1. The van der Waals surface area contributed by atoms with Crippen LogP contribution >= 0.6 is 0 Å². The minimum atomic E-state index is -3.35. The minimum absolute atomic E-state index is 0.0663. The molecule has 2 aromatic rings. The molecule has 0 bridgehead atoms. The third-order valence-corrected chi connectivity index (χ3v) is 8.21. The van der Waals surface area contributed by atoms with E-state index in [0.29, 0.717) is 19.5 Å². The molecule has 1 fully saturated rings. The van der Waals surface area contributed by atoms with Crippen LogP contribution in [0.15, 0.2) is 54.6 Å². The van der Waals surface area contributed by atoms with Gasteiger partial charge in [0.25, 0.3) is 0 Å². The summed E-state index contributed by atoms with van der Waals surface area (Å²) in [5.74, 6) is -0.0703. The number of anilines is 1. The quantitative estimate of drug-likeness (QED) is 0.709. The molecule has 4 rings (SSSR count). The van der Waals surface area contributed by atoms with Crippen molar-refractivity contribution in [3.05, 3.63) is 65.7 Å². The van der Waals surface area contributed by atoms with Crippen LogP contribution in [-0.2, 0) is 27.7 Å². The Morgan fingerprint density at radius 3 is 2.60 bits per heavy atom. The summed E-state index contributed by atoms with van der Waals surface area (Å²) in [7, 11) is -3.35. The number of hydrogen-bond donors (Lipinski definition) is 0. The topological polar surface area (TPSA) is 57.7 Å². The first-order valence-electron chi connectivity index (χ1n) is 10.9. The molecule has 2 aromatic carbocycles. The van der Waals surface area contributed by atoms with Crippen molar-refractivity contribution in [2.45, 2.75) is 45.1 Å². The fourth-order valence-electron chi connectivity index (χ4n) is 4.73. The number of fused-ring (bicyclic) bond motifs is 1. The Hall–Kier alpha value is -2.18. The third kappa shape index (κ3) is 4.44. The second kappa shape index (κ2) is 8.90. The number of aryl methyl sites for hydroxylation is 1. The van der Waals surface area contributed by atoms with Gasteiger partial charge in [-0.2, -0.15) is 0 Å². The van der Waals surface area contributed by atoms with Crippen LogP contribution in [0.3, 0.4) is 0 Å². The monoisotopic (exact) mass is 426 g/mol. The van der Waals surface area contributed by atoms with E-state index in [-0.39, 0.29) is 23.6 Å². The molecule has 0 aromatic heterocycles. The standard InChI is InChI=1S/C24H30N2O3S/c1-19-17-21-12-5-6-14-23(21)26(19)24(27)22-13-7-15-25(18-22)30(28,29)16-8-11-20-9-3-2-4-10-20/h2-6,9-10,12,14,19,22H,7-8,11,13,15-18H2,1H3/t19-,22-/m1/s1. The molecule has 0 N–H and O–H groups in total. The van der Waals surface area contributed by atoms with Crippen molar-refractivity contribution in [3.8, 4) is 0 Å². The molecule has 0 saturated carbocycles. The van der Waals surface area contributed by atoms with Crippen LogP contribution in [0, 0.1) is 5.92 Å². The smallest absolute Gasteiger partial charge is 0.231 e. The highest BCUT2D eigenvalue weighted by molar-refractivity contribution is 7.89. The molecule has 0 unspecified atom stereocenters. The van der Waals surface area contributed by atoms with Gasteiger partial charge in [0.05, 0.1) is 11.7 Å². The number of carbonyl (C=O) groups is 1. The lowest BCUT2D eigenvalue weighted by molar-refractivity contribution is -0.123. The molecule has 30 heavy (non-hydrogen) atoms. The number of hydrogen-bond acceptors (Lipinski definition) is 3. The maximum atomic E-state index is 13.3. The average molecular weight is 427 g/mol. The van der Waals surface area contributed by atoms with Crippen molar-refractivity contribution < 1.29 is 13.2 Å². The van der Waals surface area contributed by atoms with Gasteiger partial charge in [-0.15, -0.1) is 0 Å². The van der Waals surface area contributed by atoms with E-state index < -0.39 is 10.0 Å². The van der Waals surface area contributed by atoms with E-state index in [1.165, 1.54) is 5.56 Å². The number of benzene rings is 2. The van der Waals surface area contributed by atoms with Crippen molar-refractivity contribution in [2.75, 3.05) is 23.7 Å². The molecular weight excluding hydrogens is 396 g/mol. The van der Waals surface area contributed by atoms with Gasteiger partial charge in [-0.1, -0.05) is 48.5 Å². The van der Waals surface area contributed by atoms with Crippen molar-refractivity contribution in [1.82, 2.24) is 4.31 Å². The first kappa shape index (κ1) is 21.1. The Morgan fingerprint density at radius 2 is 1.80 bits per heavy atom. The van der Waals surface area contributed by atoms with Crippen LogP contribution in [0.2, 0.25) is 0 Å². The zero-order valence-electron chi connectivity index (χ0n) is 17.5. The van der Waals surface area contributed by atoms with Gasteiger partial charge in [-0.05, 0) is 56.2 Å². The van der Waals surface area contributed by atoms with E-state index in [2.05, 4.69) is 13.0 Å². The summed E-state index contributed by atoms with van der Waals surface area (Å²) in [4.78, 5) is 15.2. The summed E-state index contributed by atoms with van der Waals surface area (Å²) < 4.78 is 27.4. The summed E-state index contributed by atoms with van der Waals surface area (Å²) in [6.07, 6.45) is 3.69. The van der Waals surface area contributed by atoms with Gasteiger partial charge in [0.1, 0.15) is 0 Å². The van der Waals surface area contributed by atoms with Gasteiger partial charge in [0, 0.05) is 24.8 Å². The second-order valence-corrected chi connectivity index (χ2v) is 10.6. The van der Waals surface area contributed by atoms with Gasteiger partial charge < -0.3 is 4.90 Å². The number of para-hydroxylation sites is 1. The van der Waals surface area contributed by atoms with Gasteiger partial charge in [-0.3, -0.25) is 4.79 Å². The molecule has 2 aliphatic heterocycles. The van der Waals surface area contributed by atoms with E-state index in [1.807, 2.05) is 53.4 Å². The molecule has 160 valence electrons. The van der Waals surface area contributed by atoms with Crippen LogP contribution in [0.1, 0.15) is 37.3 Å². The fourth-order valence-corrected chi connectivity index (χ4v) is 6.31. The van der Waals surface area contributed by atoms with E-state index in [9.17, 15) is 13.2 Å². The zero-order valence-corrected chi connectivity index (χ0v) is 18.4. The normalized spacial score (nSPS) is 22.1. The molecule has 0 spiro atoms. The van der Waals surface area contributed by atoms with Crippen molar-refractivity contribution in [3.63, 3.8) is 0 Å². The lowest BCUT2D eigenvalue weighted by atomic mass is 9.97. The number of nitrogens with zero attached hydrogens (tertiary/aromatic N) is 2. The molecule has 0 radical (unpaired) electrons. The van der Waals surface area contributed by atoms with E-state index in [4.69, 9.17) is 0 Å². The van der Waals surface area contributed by atoms with Crippen molar-refractivity contribution in [2.24, 2.45) is 5.92 Å². The Kier molecular flexibility index (Phi) is 6.25. The summed E-state index contributed by atoms with van der Waals surface area (Å²) in [5, 5.41) is 0. The van der Waals surface area contributed by atoms with Crippen LogP contribution < -0.4 is 4.90 Å². The SMILES string of the molecule is C[C@@H]1Cc2ccccc2N1C(=O)[C@@H]1CCCN(S(=O)(=O)CCCc2ccccc2)C1. The van der Waals surface area contributed by atoms with Crippen LogP contribution in [0.4, 0.5) is 5.69 Å². The Bertz CT molecular complexity index is 991. The van der Waals surface area contributed by atoms with Crippen LogP contribution in [0.5, 0.6) is 0 Å². The summed E-state index contributed by atoms with van der Waals surface area (Å²) >= 11 is 0. The van der Waals surface area contributed by atoms with Gasteiger partial charge in [0.15, 0.2) is 0 Å². The first-order chi connectivity index (χ1) is 14.5. The number of carbonyl (C=O) groups excluding carboxylic acids is 1. The molecule has 2 aliphatic rings. The molecule has 5 nitrogen and oxygen atoms in total. The highest BCUT2D eigenvalue weighted by Crippen LogP contribution is 2.34. The third-order valence-electron chi connectivity index (χ3n) is 6.28. The number of piperidine rings is 1. The van der Waals surface area contributed by atoms with Gasteiger partial charge in [0.2, 0.25) is 15.9 Å². The fraction of sp³-hybridized carbons (Fsp3) is 0.458. The second-order valence-electron chi connectivity index (χ2n) is 8.49. The van der Waals surface area contributed by atoms with Gasteiger partial charge in [-0.25, -0.2) is 12.7 Å². The maximum absolute atomic E-state index is 13.3. The molecule has 1 saturated heterocycles. The predicted molar refractivity (Wildman–Crippen MR) is 120 cm³/mol. The van der Waals surface area contributed by atoms with Gasteiger partial charge >= 0.3 is 0 Å². The van der Waals surface area contributed by atoms with Crippen LogP contribution in [-0.4, -0.2) is 43.5 Å². The Morgan fingerprint density at radius 1 is 1.07 bits per heavy atom. The lowest BCUT2D eigenvalue weighted by Gasteiger charge is -2.34. The van der Waals surface area contributed by atoms with E-state index in [0.717, 1.165) is 36.9 Å². The predicted octanol–water partition coefficient (Wildman–Crippen LogP) is 3.64. The molecular formula is C24H30N2O3S.